The van der Waals surface area contributed by atoms with Gasteiger partial charge in [-0.05, 0) is 50.1 Å². The summed E-state index contributed by atoms with van der Waals surface area (Å²) in [4.78, 5) is 53.6. The van der Waals surface area contributed by atoms with Crippen LogP contribution in [0, 0.1) is 13.8 Å². The van der Waals surface area contributed by atoms with Gasteiger partial charge in [0, 0.05) is 9.40 Å². The number of fused-ring (bicyclic) bond motifs is 2. The molecule has 0 aliphatic carbocycles. The quantitative estimate of drug-likeness (QED) is 0.350. The molecule has 2 heterocycles. The second-order valence-corrected chi connectivity index (χ2v) is 8.79. The van der Waals surface area contributed by atoms with Gasteiger partial charge in [0.15, 0.2) is 0 Å². The monoisotopic (exact) mass is 518 g/mol. The molecule has 0 aliphatic rings. The van der Waals surface area contributed by atoms with Crippen molar-refractivity contribution >= 4 is 21.8 Å². The van der Waals surface area contributed by atoms with Crippen molar-refractivity contribution in [3.8, 4) is 0 Å². The minimum atomic E-state index is -0.379. The highest BCUT2D eigenvalue weighted by molar-refractivity contribution is 5.78. The first-order chi connectivity index (χ1) is 18.3. The lowest BCUT2D eigenvalue weighted by molar-refractivity contribution is 0.623. The molecule has 0 bridgehead atoms. The van der Waals surface area contributed by atoms with Crippen LogP contribution in [0.15, 0.2) is 85.9 Å². The minimum Gasteiger partial charge on any atom is -0.307 e. The first kappa shape index (κ1) is 28.1. The second-order valence-electron chi connectivity index (χ2n) is 8.79. The Morgan fingerprint density at radius 1 is 0.684 bits per heavy atom. The van der Waals surface area contributed by atoms with E-state index < -0.39 is 0 Å². The van der Waals surface area contributed by atoms with Gasteiger partial charge in [0.25, 0.3) is 11.1 Å². The molecular formula is C30H38N4O4. The summed E-state index contributed by atoms with van der Waals surface area (Å²) >= 11 is 0. The van der Waals surface area contributed by atoms with E-state index in [1.54, 1.807) is 24.3 Å². The first-order valence-corrected chi connectivity index (χ1v) is 12.8. The summed E-state index contributed by atoms with van der Waals surface area (Å²) in [5.74, 6) is 0. The van der Waals surface area contributed by atoms with Crippen molar-refractivity contribution in [3.63, 3.8) is 0 Å². The van der Waals surface area contributed by atoms with E-state index in [4.69, 9.17) is 0 Å². The zero-order valence-electron chi connectivity index (χ0n) is 22.5. The Kier molecular flexibility index (Phi) is 9.38. The molecule has 0 saturated heterocycles. The van der Waals surface area contributed by atoms with Crippen molar-refractivity contribution < 1.29 is 2.85 Å². The number of hydrogen-bond acceptors (Lipinski definition) is 4. The van der Waals surface area contributed by atoms with Gasteiger partial charge in [0.1, 0.15) is 0 Å². The number of aromatic nitrogens is 4. The molecule has 2 N–H and O–H groups in total. The number of H-pyrrole nitrogens is 2. The Morgan fingerprint density at radius 3 is 1.66 bits per heavy atom. The largest absolute Gasteiger partial charge is 0.329 e. The number of rotatable bonds is 4. The highest BCUT2D eigenvalue weighted by Crippen LogP contribution is 2.09. The van der Waals surface area contributed by atoms with Crippen LogP contribution < -0.4 is 22.5 Å². The molecule has 38 heavy (non-hydrogen) atoms. The fraction of sp³-hybridized carbons (Fsp3) is 0.267. The Bertz CT molecular complexity index is 1790. The number of nitrogens with one attached hydrogen (secondary N) is 2. The number of nitrogens with zero attached hydrogens (tertiary/aromatic N) is 2. The molecule has 8 nitrogen and oxygen atoms in total. The molecule has 0 radical (unpaired) electrons. The molecule has 0 fully saturated rings. The maximum atomic E-state index is 12.4. The normalized spacial score (nSPS) is 10.4. The second kappa shape index (κ2) is 12.7. The topological polar surface area (TPSA) is 110 Å². The number of aromatic amines is 2. The van der Waals surface area contributed by atoms with E-state index in [0.717, 1.165) is 23.1 Å². The molecule has 8 heteroatoms. The summed E-state index contributed by atoms with van der Waals surface area (Å²) in [5, 5.41) is 1.12. The predicted octanol–water partition coefficient (Wildman–Crippen LogP) is 4.97. The summed E-state index contributed by atoms with van der Waals surface area (Å²) in [6, 6.07) is 20.4. The SMILES string of the molecule is CC.CCCn1c(=O)[nH]c2ccc(C)cc2c1=O.Cc1ccc2[nH]c(=O)n(Cc3ccccc3)c(=O)c2c1.[HH].[HH]. The molecule has 5 aromatic rings. The van der Waals surface area contributed by atoms with Crippen LogP contribution in [0.3, 0.4) is 0 Å². The molecule has 0 aliphatic heterocycles. The molecule has 5 rings (SSSR count). The van der Waals surface area contributed by atoms with E-state index in [2.05, 4.69) is 9.97 Å². The van der Waals surface area contributed by atoms with Crippen LogP contribution >= 0.6 is 0 Å². The first-order valence-electron chi connectivity index (χ1n) is 12.8. The zero-order chi connectivity index (χ0) is 27.8. The molecule has 0 amide bonds. The molecular weight excluding hydrogens is 480 g/mol. The van der Waals surface area contributed by atoms with Crippen LogP contribution in [0.25, 0.3) is 21.8 Å². The van der Waals surface area contributed by atoms with Crippen molar-refractivity contribution in [1.29, 1.82) is 0 Å². The van der Waals surface area contributed by atoms with Gasteiger partial charge in [-0.1, -0.05) is 74.4 Å². The van der Waals surface area contributed by atoms with E-state index in [-0.39, 0.29) is 31.9 Å². The summed E-state index contributed by atoms with van der Waals surface area (Å²) in [6.07, 6.45) is 0.764. The van der Waals surface area contributed by atoms with E-state index in [1.165, 1.54) is 9.13 Å². The smallest absolute Gasteiger partial charge is 0.307 e. The van der Waals surface area contributed by atoms with Gasteiger partial charge in [-0.15, -0.1) is 0 Å². The van der Waals surface area contributed by atoms with Crippen LogP contribution in [-0.2, 0) is 13.1 Å². The van der Waals surface area contributed by atoms with E-state index in [9.17, 15) is 19.2 Å². The highest BCUT2D eigenvalue weighted by Gasteiger charge is 2.08. The standard InChI is InChI=1S/C16H14N2O2.C12H14N2O2.C2H6.2H2/c1-11-7-8-14-13(9-11)15(19)18(16(20)17-14)10-12-5-3-2-4-6-12;1-3-6-14-11(15)9-7-8(2)4-5-10(9)13-12(14)16;1-2;;/h2-9H,10H2,1H3,(H,17,20);4-5,7H,3,6H2,1-2H3,(H,13,16);1-2H3;2*1H. The Balaban J connectivity index is 0.000000367. The average Bonchev–Trinajstić information content (AvgIpc) is 2.92. The maximum Gasteiger partial charge on any atom is 0.329 e. The van der Waals surface area contributed by atoms with Gasteiger partial charge in [0.2, 0.25) is 0 Å². The van der Waals surface area contributed by atoms with Crippen LogP contribution in [0.1, 0.15) is 46.7 Å². The van der Waals surface area contributed by atoms with Crippen LogP contribution in [0.5, 0.6) is 0 Å². The predicted molar refractivity (Wildman–Crippen MR) is 159 cm³/mol. The van der Waals surface area contributed by atoms with Gasteiger partial charge >= 0.3 is 11.4 Å². The molecule has 202 valence electrons. The molecule has 0 atom stereocenters. The fourth-order valence-corrected chi connectivity index (χ4v) is 4.06. The summed E-state index contributed by atoms with van der Waals surface area (Å²) in [7, 11) is 0. The van der Waals surface area contributed by atoms with Crippen LogP contribution in [0.2, 0.25) is 0 Å². The molecule has 0 saturated carbocycles. The molecule has 2 aromatic heterocycles. The van der Waals surface area contributed by atoms with Crippen molar-refractivity contribution in [2.24, 2.45) is 0 Å². The van der Waals surface area contributed by atoms with Gasteiger partial charge in [-0.25, -0.2) is 9.59 Å². The third-order valence-corrected chi connectivity index (χ3v) is 5.91. The lowest BCUT2D eigenvalue weighted by Gasteiger charge is -2.07. The van der Waals surface area contributed by atoms with E-state index in [0.29, 0.717) is 28.4 Å². The van der Waals surface area contributed by atoms with Crippen molar-refractivity contribution in [1.82, 2.24) is 19.1 Å². The number of benzene rings is 3. The van der Waals surface area contributed by atoms with E-state index >= 15 is 0 Å². The summed E-state index contributed by atoms with van der Waals surface area (Å²) in [6.45, 7) is 10.5. The van der Waals surface area contributed by atoms with Crippen molar-refractivity contribution in [2.45, 2.75) is 54.1 Å². The Hall–Kier alpha value is -4.46. The van der Waals surface area contributed by atoms with Crippen LogP contribution in [-0.4, -0.2) is 19.1 Å². The third kappa shape index (κ3) is 6.26. The molecule has 0 unspecified atom stereocenters. The average molecular weight is 519 g/mol. The van der Waals surface area contributed by atoms with Gasteiger partial charge in [-0.2, -0.15) is 0 Å². The van der Waals surface area contributed by atoms with Crippen LogP contribution in [0.4, 0.5) is 0 Å². The Morgan fingerprint density at radius 2 is 1.16 bits per heavy atom. The van der Waals surface area contributed by atoms with Gasteiger partial charge in [0.05, 0.1) is 28.4 Å². The van der Waals surface area contributed by atoms with Crippen molar-refractivity contribution in [3.05, 3.63) is 125 Å². The lowest BCUT2D eigenvalue weighted by Crippen LogP contribution is -2.35. The Labute approximate surface area is 223 Å². The third-order valence-electron chi connectivity index (χ3n) is 5.91. The van der Waals surface area contributed by atoms with Crippen molar-refractivity contribution in [2.75, 3.05) is 0 Å². The minimum absolute atomic E-state index is 0. The zero-order valence-corrected chi connectivity index (χ0v) is 22.5. The maximum absolute atomic E-state index is 12.4. The number of hydrogen-bond donors (Lipinski definition) is 2. The highest BCUT2D eigenvalue weighted by atomic mass is 16.2. The summed E-state index contributed by atoms with van der Waals surface area (Å²) in [5.41, 5.74) is 2.95. The summed E-state index contributed by atoms with van der Waals surface area (Å²) < 4.78 is 2.48. The van der Waals surface area contributed by atoms with Gasteiger partial charge in [-0.3, -0.25) is 18.7 Å². The number of aryl methyl sites for hydroxylation is 2. The fourth-order valence-electron chi connectivity index (χ4n) is 4.06. The van der Waals surface area contributed by atoms with Gasteiger partial charge < -0.3 is 9.97 Å². The lowest BCUT2D eigenvalue weighted by atomic mass is 10.1. The molecule has 0 spiro atoms. The molecule has 3 aromatic carbocycles. The van der Waals surface area contributed by atoms with E-state index in [1.807, 2.05) is 77.1 Å².